The number of Topliss-reactive ketones (excluding diaryl/α,β-unsaturated/α-hetero) is 1. The molecule has 1 saturated heterocycles. The molecule has 0 radical (unpaired) electrons. The van der Waals surface area contributed by atoms with Crippen molar-refractivity contribution in [2.75, 3.05) is 20.3 Å². The van der Waals surface area contributed by atoms with E-state index in [1.165, 1.54) is 4.90 Å². The Morgan fingerprint density at radius 2 is 1.93 bits per heavy atom. The van der Waals surface area contributed by atoms with Crippen molar-refractivity contribution in [1.29, 1.82) is 0 Å². The number of benzene rings is 2. The highest BCUT2D eigenvalue weighted by atomic mass is 79.9. The number of amides is 1. The maximum absolute atomic E-state index is 12.9. The smallest absolute Gasteiger partial charge is 0.295 e. The van der Waals surface area contributed by atoms with Gasteiger partial charge in [-0.1, -0.05) is 51.8 Å². The third-order valence-corrected chi connectivity index (χ3v) is 5.97. The molecule has 0 saturated carbocycles. The molecule has 1 fully saturated rings. The highest BCUT2D eigenvalue weighted by Crippen LogP contribution is 2.40. The van der Waals surface area contributed by atoms with Gasteiger partial charge in [-0.2, -0.15) is 0 Å². The van der Waals surface area contributed by atoms with Gasteiger partial charge in [0, 0.05) is 30.3 Å². The Kier molecular flexibility index (Phi) is 6.55. The highest BCUT2D eigenvalue weighted by molar-refractivity contribution is 9.10. The summed E-state index contributed by atoms with van der Waals surface area (Å²) in [4.78, 5) is 27.3. The van der Waals surface area contributed by atoms with Crippen molar-refractivity contribution in [3.05, 3.63) is 74.8 Å². The Labute approximate surface area is 179 Å². The quantitative estimate of drug-likeness (QED) is 0.299. The van der Waals surface area contributed by atoms with Crippen LogP contribution in [-0.2, 0) is 14.3 Å². The molecule has 1 aliphatic heterocycles. The lowest BCUT2D eigenvalue weighted by Gasteiger charge is -2.25. The average molecular weight is 458 g/mol. The van der Waals surface area contributed by atoms with Crippen LogP contribution in [0.15, 0.2) is 52.5 Å². The van der Waals surface area contributed by atoms with Gasteiger partial charge in [-0.3, -0.25) is 9.59 Å². The molecule has 2 aromatic rings. The topological polar surface area (TPSA) is 66.8 Å². The molecule has 1 unspecified atom stereocenters. The fraction of sp³-hybridized carbons (Fsp3) is 0.304. The molecule has 3 rings (SSSR count). The van der Waals surface area contributed by atoms with E-state index in [9.17, 15) is 14.7 Å². The molecule has 5 nitrogen and oxygen atoms in total. The standard InChI is InChI=1S/C23H24BrNO4/c1-14-6-4-7-16(12-14)20-19(21(26)17-8-9-18(24)15(2)13-17)22(27)23(28)25(20)10-5-11-29-3/h4,6-9,12-13,20,26H,5,10-11H2,1-3H3/b21-19-. The van der Waals surface area contributed by atoms with E-state index < -0.39 is 17.7 Å². The van der Waals surface area contributed by atoms with Crippen LogP contribution in [0.5, 0.6) is 0 Å². The number of likely N-dealkylation sites (tertiary alicyclic amines) is 1. The third-order valence-electron chi connectivity index (χ3n) is 5.08. The first kappa shape index (κ1) is 21.3. The van der Waals surface area contributed by atoms with E-state index in [1.807, 2.05) is 44.2 Å². The molecular weight excluding hydrogens is 434 g/mol. The third kappa shape index (κ3) is 4.28. The lowest BCUT2D eigenvalue weighted by atomic mass is 9.94. The summed E-state index contributed by atoms with van der Waals surface area (Å²) in [6.07, 6.45) is 0.600. The molecule has 1 aliphatic rings. The zero-order chi connectivity index (χ0) is 21.1. The number of aryl methyl sites for hydroxylation is 2. The van der Waals surface area contributed by atoms with Crippen LogP contribution in [0.1, 0.15) is 34.7 Å². The van der Waals surface area contributed by atoms with Gasteiger partial charge in [-0.25, -0.2) is 0 Å². The predicted molar refractivity (Wildman–Crippen MR) is 116 cm³/mol. The van der Waals surface area contributed by atoms with Crippen molar-refractivity contribution < 1.29 is 19.4 Å². The normalized spacial score (nSPS) is 18.5. The van der Waals surface area contributed by atoms with Crippen molar-refractivity contribution in [2.24, 2.45) is 0 Å². The van der Waals surface area contributed by atoms with Crippen molar-refractivity contribution in [3.63, 3.8) is 0 Å². The molecule has 29 heavy (non-hydrogen) atoms. The van der Waals surface area contributed by atoms with Gasteiger partial charge in [0.25, 0.3) is 11.7 Å². The maximum Gasteiger partial charge on any atom is 0.295 e. The monoisotopic (exact) mass is 457 g/mol. The van der Waals surface area contributed by atoms with E-state index in [1.54, 1.807) is 19.2 Å². The number of halogens is 1. The van der Waals surface area contributed by atoms with E-state index in [2.05, 4.69) is 15.9 Å². The minimum Gasteiger partial charge on any atom is -0.507 e. The molecule has 1 N–H and O–H groups in total. The number of rotatable bonds is 6. The van der Waals surface area contributed by atoms with Gasteiger partial charge in [-0.05, 0) is 43.5 Å². The molecule has 6 heteroatoms. The molecule has 152 valence electrons. The van der Waals surface area contributed by atoms with Crippen LogP contribution >= 0.6 is 15.9 Å². The van der Waals surface area contributed by atoms with Crippen LogP contribution in [-0.4, -0.2) is 42.0 Å². The summed E-state index contributed by atoms with van der Waals surface area (Å²) in [7, 11) is 1.60. The van der Waals surface area contributed by atoms with Gasteiger partial charge in [0.05, 0.1) is 11.6 Å². The number of methoxy groups -OCH3 is 1. The Morgan fingerprint density at radius 1 is 1.17 bits per heavy atom. The Balaban J connectivity index is 2.14. The fourth-order valence-electron chi connectivity index (χ4n) is 3.62. The van der Waals surface area contributed by atoms with Gasteiger partial charge < -0.3 is 14.7 Å². The second-order valence-electron chi connectivity index (χ2n) is 7.22. The lowest BCUT2D eigenvalue weighted by molar-refractivity contribution is -0.140. The Bertz CT molecular complexity index is 983. The number of carbonyl (C=O) groups excluding carboxylic acids is 2. The average Bonchev–Trinajstić information content (AvgIpc) is 2.94. The Hall–Kier alpha value is -2.44. The number of hydrogen-bond donors (Lipinski definition) is 1. The molecule has 0 spiro atoms. The van der Waals surface area contributed by atoms with Crippen molar-refractivity contribution in [1.82, 2.24) is 4.90 Å². The number of hydrogen-bond acceptors (Lipinski definition) is 4. The summed E-state index contributed by atoms with van der Waals surface area (Å²) >= 11 is 3.45. The van der Waals surface area contributed by atoms with E-state index in [4.69, 9.17) is 4.74 Å². The fourth-order valence-corrected chi connectivity index (χ4v) is 3.87. The second-order valence-corrected chi connectivity index (χ2v) is 8.07. The van der Waals surface area contributed by atoms with Gasteiger partial charge in [0.15, 0.2) is 0 Å². The van der Waals surface area contributed by atoms with E-state index >= 15 is 0 Å². The summed E-state index contributed by atoms with van der Waals surface area (Å²) < 4.78 is 6.01. The van der Waals surface area contributed by atoms with Crippen LogP contribution < -0.4 is 0 Å². The first-order valence-corrected chi connectivity index (χ1v) is 10.2. The molecule has 2 aromatic carbocycles. The summed E-state index contributed by atoms with van der Waals surface area (Å²) in [6, 6.07) is 12.4. The zero-order valence-electron chi connectivity index (χ0n) is 16.7. The van der Waals surface area contributed by atoms with Crippen molar-refractivity contribution in [3.8, 4) is 0 Å². The van der Waals surface area contributed by atoms with Crippen LogP contribution in [0, 0.1) is 13.8 Å². The van der Waals surface area contributed by atoms with E-state index in [0.29, 0.717) is 25.1 Å². The van der Waals surface area contributed by atoms with Crippen LogP contribution in [0.4, 0.5) is 0 Å². The number of ether oxygens (including phenoxy) is 1. The Morgan fingerprint density at radius 3 is 2.59 bits per heavy atom. The summed E-state index contributed by atoms with van der Waals surface area (Å²) in [5.41, 5.74) is 3.38. The SMILES string of the molecule is COCCCN1C(=O)C(=O)/C(=C(\O)c2ccc(Br)c(C)c2)C1c1cccc(C)c1. The minimum absolute atomic E-state index is 0.125. The van der Waals surface area contributed by atoms with Crippen LogP contribution in [0.25, 0.3) is 5.76 Å². The van der Waals surface area contributed by atoms with E-state index in [0.717, 1.165) is 21.2 Å². The van der Waals surface area contributed by atoms with Gasteiger partial charge in [0.1, 0.15) is 5.76 Å². The van der Waals surface area contributed by atoms with Crippen molar-refractivity contribution in [2.45, 2.75) is 26.3 Å². The molecule has 0 aliphatic carbocycles. The number of ketones is 1. The zero-order valence-corrected chi connectivity index (χ0v) is 18.3. The first-order chi connectivity index (χ1) is 13.8. The van der Waals surface area contributed by atoms with Gasteiger partial charge in [0.2, 0.25) is 0 Å². The largest absolute Gasteiger partial charge is 0.507 e. The molecule has 0 aromatic heterocycles. The number of nitrogens with zero attached hydrogens (tertiary/aromatic N) is 1. The highest BCUT2D eigenvalue weighted by Gasteiger charge is 2.45. The molecule has 0 bridgehead atoms. The number of aliphatic hydroxyl groups excluding tert-OH is 1. The lowest BCUT2D eigenvalue weighted by Crippen LogP contribution is -2.31. The van der Waals surface area contributed by atoms with Crippen molar-refractivity contribution >= 4 is 33.4 Å². The molecular formula is C23H24BrNO4. The predicted octanol–water partition coefficient (Wildman–Crippen LogP) is 4.52. The van der Waals surface area contributed by atoms with Crippen LogP contribution in [0.3, 0.4) is 0 Å². The molecule has 1 heterocycles. The number of aliphatic hydroxyl groups is 1. The molecule has 1 atom stereocenters. The number of carbonyl (C=O) groups is 2. The van der Waals surface area contributed by atoms with Crippen LogP contribution in [0.2, 0.25) is 0 Å². The van der Waals surface area contributed by atoms with Gasteiger partial charge >= 0.3 is 0 Å². The summed E-state index contributed by atoms with van der Waals surface area (Å²) in [5.74, 6) is -1.41. The maximum atomic E-state index is 12.9. The second kappa shape index (κ2) is 8.93. The minimum atomic E-state index is -0.660. The van der Waals surface area contributed by atoms with Gasteiger partial charge in [-0.15, -0.1) is 0 Å². The summed E-state index contributed by atoms with van der Waals surface area (Å²) in [6.45, 7) is 4.71. The molecule has 1 amide bonds. The summed E-state index contributed by atoms with van der Waals surface area (Å²) in [5, 5.41) is 11.1. The van der Waals surface area contributed by atoms with E-state index in [-0.39, 0.29) is 11.3 Å². The first-order valence-electron chi connectivity index (χ1n) is 9.45.